The summed E-state index contributed by atoms with van der Waals surface area (Å²) in [5.41, 5.74) is 4.01. The Kier molecular flexibility index (Phi) is 5.85. The van der Waals surface area contributed by atoms with Gasteiger partial charge in [0.25, 0.3) is 5.91 Å². The molecule has 7 heteroatoms. The predicted octanol–water partition coefficient (Wildman–Crippen LogP) is 5.35. The van der Waals surface area contributed by atoms with Crippen LogP contribution in [0, 0.1) is 6.92 Å². The Morgan fingerprint density at radius 1 is 0.909 bits per heavy atom. The van der Waals surface area contributed by atoms with Crippen LogP contribution in [0.4, 0.5) is 11.5 Å². The molecule has 0 saturated carbocycles. The lowest BCUT2D eigenvalue weighted by Crippen LogP contribution is -2.31. The number of anilines is 2. The van der Waals surface area contributed by atoms with Crippen LogP contribution in [0.2, 0.25) is 0 Å². The fourth-order valence-electron chi connectivity index (χ4n) is 4.07. The highest BCUT2D eigenvalue weighted by Gasteiger charge is 2.18. The summed E-state index contributed by atoms with van der Waals surface area (Å²) in [6.07, 6.45) is 5.30. The molecule has 0 aliphatic carbocycles. The first-order valence-electron chi connectivity index (χ1n) is 11.2. The second-order valence-electron chi connectivity index (χ2n) is 8.18. The molecule has 1 saturated heterocycles. The lowest BCUT2D eigenvalue weighted by Gasteiger charge is -2.29. The van der Waals surface area contributed by atoms with Crippen molar-refractivity contribution in [3.8, 4) is 22.9 Å². The molecular weight excluding hydrogens is 414 g/mol. The number of benzene rings is 2. The van der Waals surface area contributed by atoms with Gasteiger partial charge in [-0.15, -0.1) is 10.2 Å². The molecule has 0 spiro atoms. The molecule has 2 aromatic carbocycles. The van der Waals surface area contributed by atoms with E-state index in [4.69, 9.17) is 4.42 Å². The molecule has 0 atom stereocenters. The molecule has 1 fully saturated rings. The van der Waals surface area contributed by atoms with Gasteiger partial charge in [-0.3, -0.25) is 4.79 Å². The van der Waals surface area contributed by atoms with Crippen LogP contribution in [-0.4, -0.2) is 34.2 Å². The predicted molar refractivity (Wildman–Crippen MR) is 128 cm³/mol. The molecular formula is C26H25N5O2. The highest BCUT2D eigenvalue weighted by Crippen LogP contribution is 2.28. The van der Waals surface area contributed by atoms with Crippen molar-refractivity contribution in [2.75, 3.05) is 23.3 Å². The molecule has 0 unspecified atom stereocenters. The molecule has 1 aliphatic rings. The average Bonchev–Trinajstić information content (AvgIpc) is 3.35. The number of aromatic nitrogens is 3. The number of carbonyl (C=O) groups is 1. The maximum Gasteiger partial charge on any atom is 0.255 e. The number of nitrogens with one attached hydrogen (secondary N) is 1. The summed E-state index contributed by atoms with van der Waals surface area (Å²) in [6.45, 7) is 3.93. The third-order valence-corrected chi connectivity index (χ3v) is 5.88. The fraction of sp³-hybridized carbons (Fsp3) is 0.231. The number of piperidine rings is 1. The smallest absolute Gasteiger partial charge is 0.255 e. The Bertz CT molecular complexity index is 1260. The summed E-state index contributed by atoms with van der Waals surface area (Å²) in [5.74, 6) is 1.54. The van der Waals surface area contributed by atoms with E-state index in [2.05, 4.69) is 25.4 Å². The Labute approximate surface area is 192 Å². The van der Waals surface area contributed by atoms with Crippen molar-refractivity contribution in [1.82, 2.24) is 15.2 Å². The molecule has 1 amide bonds. The Morgan fingerprint density at radius 2 is 1.67 bits per heavy atom. The number of carbonyl (C=O) groups excluding carboxylic acids is 1. The van der Waals surface area contributed by atoms with Gasteiger partial charge in [0.1, 0.15) is 0 Å². The Balaban J connectivity index is 1.32. The topological polar surface area (TPSA) is 84.2 Å². The molecule has 166 valence electrons. The summed E-state index contributed by atoms with van der Waals surface area (Å²) >= 11 is 0. The van der Waals surface area contributed by atoms with E-state index < -0.39 is 0 Å². The van der Waals surface area contributed by atoms with Crippen molar-refractivity contribution in [3.63, 3.8) is 0 Å². The number of rotatable bonds is 5. The number of amides is 1. The third-order valence-electron chi connectivity index (χ3n) is 5.88. The molecule has 1 N–H and O–H groups in total. The van der Waals surface area contributed by atoms with Crippen LogP contribution in [0.5, 0.6) is 0 Å². The van der Waals surface area contributed by atoms with Crippen LogP contribution in [0.25, 0.3) is 22.9 Å². The number of hydrogen-bond acceptors (Lipinski definition) is 6. The van der Waals surface area contributed by atoms with Crippen molar-refractivity contribution in [2.24, 2.45) is 0 Å². The zero-order valence-corrected chi connectivity index (χ0v) is 18.5. The second kappa shape index (κ2) is 9.24. The Hall–Kier alpha value is -4.00. The summed E-state index contributed by atoms with van der Waals surface area (Å²) in [6, 6.07) is 18.8. The van der Waals surface area contributed by atoms with Gasteiger partial charge in [-0.05, 0) is 74.2 Å². The first kappa shape index (κ1) is 20.9. The van der Waals surface area contributed by atoms with E-state index in [-0.39, 0.29) is 5.91 Å². The van der Waals surface area contributed by atoms with Gasteiger partial charge in [0.05, 0.1) is 5.69 Å². The highest BCUT2D eigenvalue weighted by molar-refractivity contribution is 6.05. The van der Waals surface area contributed by atoms with E-state index in [1.807, 2.05) is 55.5 Å². The van der Waals surface area contributed by atoms with Crippen LogP contribution >= 0.6 is 0 Å². The van der Waals surface area contributed by atoms with E-state index in [9.17, 15) is 4.79 Å². The quantitative estimate of drug-likeness (QED) is 0.451. The largest absolute Gasteiger partial charge is 0.416 e. The molecule has 7 nitrogen and oxygen atoms in total. The first-order chi connectivity index (χ1) is 16.2. The SMILES string of the molecule is Cc1ccccc1-c1nnc(-c2ccc(C(=O)Nc3cccnc3N3CCCCC3)cc2)o1. The van der Waals surface area contributed by atoms with Crippen LogP contribution < -0.4 is 10.2 Å². The summed E-state index contributed by atoms with van der Waals surface area (Å²) in [4.78, 5) is 19.7. The van der Waals surface area contributed by atoms with E-state index in [1.54, 1.807) is 18.3 Å². The van der Waals surface area contributed by atoms with E-state index >= 15 is 0 Å². The Morgan fingerprint density at radius 3 is 2.45 bits per heavy atom. The number of pyridine rings is 1. The number of aryl methyl sites for hydroxylation is 1. The molecule has 0 radical (unpaired) electrons. The number of hydrogen-bond donors (Lipinski definition) is 1. The maximum atomic E-state index is 12.9. The summed E-state index contributed by atoms with van der Waals surface area (Å²) in [5, 5.41) is 11.4. The minimum atomic E-state index is -0.182. The van der Waals surface area contributed by atoms with E-state index in [0.29, 0.717) is 17.3 Å². The molecule has 2 aromatic heterocycles. The normalized spacial score (nSPS) is 13.7. The first-order valence-corrected chi connectivity index (χ1v) is 11.2. The van der Waals surface area contributed by atoms with Crippen LogP contribution in [0.15, 0.2) is 71.3 Å². The monoisotopic (exact) mass is 439 g/mol. The average molecular weight is 440 g/mol. The minimum absolute atomic E-state index is 0.182. The van der Waals surface area contributed by atoms with Gasteiger partial charge in [0.2, 0.25) is 11.8 Å². The maximum absolute atomic E-state index is 12.9. The second-order valence-corrected chi connectivity index (χ2v) is 8.18. The van der Waals surface area contributed by atoms with Crippen LogP contribution in [-0.2, 0) is 0 Å². The standard InChI is InChI=1S/C26H25N5O2/c1-18-8-3-4-9-21(18)26-30-29-25(33-26)20-13-11-19(12-14-20)24(32)28-22-10-7-15-27-23(22)31-16-5-2-6-17-31/h3-4,7-15H,2,5-6,16-17H2,1H3,(H,28,32). The van der Waals surface area contributed by atoms with Crippen molar-refractivity contribution >= 4 is 17.4 Å². The lowest BCUT2D eigenvalue weighted by molar-refractivity contribution is 0.102. The molecule has 1 aliphatic heterocycles. The minimum Gasteiger partial charge on any atom is -0.416 e. The van der Waals surface area contributed by atoms with Crippen molar-refractivity contribution < 1.29 is 9.21 Å². The molecule has 3 heterocycles. The molecule has 5 rings (SSSR count). The highest BCUT2D eigenvalue weighted by atomic mass is 16.4. The van der Waals surface area contributed by atoms with E-state index in [1.165, 1.54) is 6.42 Å². The van der Waals surface area contributed by atoms with Gasteiger partial charge in [0, 0.05) is 36.0 Å². The van der Waals surface area contributed by atoms with Gasteiger partial charge in [0.15, 0.2) is 5.82 Å². The third kappa shape index (κ3) is 4.48. The number of nitrogens with zero attached hydrogens (tertiary/aromatic N) is 4. The lowest BCUT2D eigenvalue weighted by atomic mass is 10.1. The van der Waals surface area contributed by atoms with Gasteiger partial charge in [-0.1, -0.05) is 18.2 Å². The fourth-order valence-corrected chi connectivity index (χ4v) is 4.07. The van der Waals surface area contributed by atoms with Crippen LogP contribution in [0.3, 0.4) is 0 Å². The summed E-state index contributed by atoms with van der Waals surface area (Å²) < 4.78 is 5.88. The van der Waals surface area contributed by atoms with Gasteiger partial charge >= 0.3 is 0 Å². The molecule has 0 bridgehead atoms. The zero-order valence-electron chi connectivity index (χ0n) is 18.5. The van der Waals surface area contributed by atoms with Crippen molar-refractivity contribution in [1.29, 1.82) is 0 Å². The summed E-state index contributed by atoms with van der Waals surface area (Å²) in [7, 11) is 0. The van der Waals surface area contributed by atoms with Crippen molar-refractivity contribution in [2.45, 2.75) is 26.2 Å². The van der Waals surface area contributed by atoms with Gasteiger partial charge < -0.3 is 14.6 Å². The van der Waals surface area contributed by atoms with Crippen LogP contribution in [0.1, 0.15) is 35.2 Å². The van der Waals surface area contributed by atoms with E-state index in [0.717, 1.165) is 54.1 Å². The van der Waals surface area contributed by atoms with Gasteiger partial charge in [-0.2, -0.15) is 0 Å². The van der Waals surface area contributed by atoms with Gasteiger partial charge in [-0.25, -0.2) is 4.98 Å². The zero-order chi connectivity index (χ0) is 22.6. The molecule has 33 heavy (non-hydrogen) atoms. The van der Waals surface area contributed by atoms with Crippen molar-refractivity contribution in [3.05, 3.63) is 78.0 Å². The molecule has 4 aromatic rings.